The van der Waals surface area contributed by atoms with E-state index >= 15 is 0 Å². The number of aromatic nitrogens is 2. The Balaban J connectivity index is 1.58. The molecule has 0 unspecified atom stereocenters. The summed E-state index contributed by atoms with van der Waals surface area (Å²) in [6, 6.07) is 0.218. The van der Waals surface area contributed by atoms with Crippen molar-refractivity contribution in [2.75, 3.05) is 31.6 Å². The summed E-state index contributed by atoms with van der Waals surface area (Å²) in [5.74, 6) is 1.16. The molecule has 0 bridgehead atoms. The number of fused-ring (bicyclic) bond motifs is 1. The van der Waals surface area contributed by atoms with Crippen molar-refractivity contribution in [3.63, 3.8) is 0 Å². The summed E-state index contributed by atoms with van der Waals surface area (Å²) in [5, 5.41) is 7.75. The summed E-state index contributed by atoms with van der Waals surface area (Å²) in [4.78, 5) is 2.39. The van der Waals surface area contributed by atoms with Crippen molar-refractivity contribution in [3.8, 4) is 0 Å². The van der Waals surface area contributed by atoms with Crippen molar-refractivity contribution >= 4 is 5.82 Å². The molecule has 3 aliphatic rings. The number of alkyl halides is 3. The van der Waals surface area contributed by atoms with E-state index < -0.39 is 12.2 Å². The van der Waals surface area contributed by atoms with E-state index in [0.717, 1.165) is 51.3 Å². The molecule has 4 rings (SSSR count). The quantitative estimate of drug-likeness (QED) is 0.849. The van der Waals surface area contributed by atoms with Crippen molar-refractivity contribution in [2.45, 2.75) is 63.8 Å². The van der Waals surface area contributed by atoms with Gasteiger partial charge in [0.05, 0.1) is 18.3 Å². The zero-order chi connectivity index (χ0) is 19.2. The molecule has 1 N–H and O–H groups in total. The molecule has 4 atom stereocenters. The molecule has 0 aromatic carbocycles. The Morgan fingerprint density at radius 2 is 2.15 bits per heavy atom. The van der Waals surface area contributed by atoms with Gasteiger partial charge in [0, 0.05) is 25.3 Å². The van der Waals surface area contributed by atoms with Gasteiger partial charge in [-0.2, -0.15) is 18.3 Å². The third kappa shape index (κ3) is 3.83. The first kappa shape index (κ1) is 19.1. The molecule has 0 radical (unpaired) electrons. The number of ether oxygens (including phenoxy) is 1. The molecule has 0 saturated carbocycles. The van der Waals surface area contributed by atoms with E-state index in [1.165, 1.54) is 4.68 Å². The molecule has 3 aliphatic heterocycles. The Kier molecular flexibility index (Phi) is 5.14. The predicted molar refractivity (Wildman–Crippen MR) is 96.7 cm³/mol. The van der Waals surface area contributed by atoms with Crippen LogP contribution in [0.25, 0.3) is 0 Å². The number of nitrogens with one attached hydrogen (secondary N) is 1. The van der Waals surface area contributed by atoms with Gasteiger partial charge < -0.3 is 10.1 Å². The number of hydrogen-bond donors (Lipinski definition) is 1. The number of likely N-dealkylation sites (tertiary alicyclic amines) is 1. The van der Waals surface area contributed by atoms with E-state index in [1.54, 1.807) is 0 Å². The second-order valence-electron chi connectivity index (χ2n) is 8.57. The van der Waals surface area contributed by atoms with Crippen molar-refractivity contribution in [3.05, 3.63) is 11.8 Å². The smallest absolute Gasteiger partial charge is 0.381 e. The lowest BCUT2D eigenvalue weighted by Crippen LogP contribution is -2.41. The van der Waals surface area contributed by atoms with E-state index in [-0.39, 0.29) is 24.4 Å². The van der Waals surface area contributed by atoms with Crippen LogP contribution in [-0.4, -0.2) is 53.2 Å². The highest BCUT2D eigenvalue weighted by Crippen LogP contribution is 2.42. The van der Waals surface area contributed by atoms with Gasteiger partial charge in [-0.05, 0) is 44.1 Å². The first-order valence-electron chi connectivity index (χ1n) is 10.1. The van der Waals surface area contributed by atoms with E-state index in [9.17, 15) is 13.2 Å². The highest BCUT2D eigenvalue weighted by atomic mass is 19.4. The highest BCUT2D eigenvalue weighted by Gasteiger charge is 2.47. The number of anilines is 1. The van der Waals surface area contributed by atoms with Crippen LogP contribution in [0.3, 0.4) is 0 Å². The fourth-order valence-corrected chi connectivity index (χ4v) is 4.66. The van der Waals surface area contributed by atoms with E-state index in [0.29, 0.717) is 11.7 Å². The standard InChI is InChI=1S/C19H29F3N4O/c1-12(2)14-8-17(19(20,21)22)26-18(23-14)9-15(24-26)16-4-3-6-25(16)10-13-5-7-27-11-13/h9,12-14,16-17,23H,3-8,10-11H2,1-2H3/t13-,14-,16+,17+/m0/s1. The average molecular weight is 386 g/mol. The lowest BCUT2D eigenvalue weighted by Gasteiger charge is -2.35. The van der Waals surface area contributed by atoms with Crippen molar-refractivity contribution in [2.24, 2.45) is 11.8 Å². The molecule has 0 spiro atoms. The SMILES string of the molecule is CC(C)[C@@H]1C[C@H](C(F)(F)F)n2nc([C@H]3CCCN3C[C@@H]3CCOC3)cc2N1. The van der Waals surface area contributed by atoms with Gasteiger partial charge in [0.15, 0.2) is 6.04 Å². The van der Waals surface area contributed by atoms with Crippen LogP contribution >= 0.6 is 0 Å². The summed E-state index contributed by atoms with van der Waals surface area (Å²) in [5.41, 5.74) is 0.771. The minimum absolute atomic E-state index is 0.0308. The Morgan fingerprint density at radius 1 is 1.33 bits per heavy atom. The van der Waals surface area contributed by atoms with E-state index in [2.05, 4.69) is 15.3 Å². The van der Waals surface area contributed by atoms with Gasteiger partial charge in [-0.1, -0.05) is 13.8 Å². The van der Waals surface area contributed by atoms with Gasteiger partial charge in [0.2, 0.25) is 0 Å². The molecule has 0 aliphatic carbocycles. The van der Waals surface area contributed by atoms with Crippen molar-refractivity contribution in [1.82, 2.24) is 14.7 Å². The summed E-state index contributed by atoms with van der Waals surface area (Å²) in [6.07, 6.45) is -1.18. The second kappa shape index (κ2) is 7.28. The van der Waals surface area contributed by atoms with Gasteiger partial charge in [0.1, 0.15) is 5.82 Å². The second-order valence-corrected chi connectivity index (χ2v) is 8.57. The lowest BCUT2D eigenvalue weighted by atomic mass is 9.94. The average Bonchev–Trinajstić information content (AvgIpc) is 3.33. The fraction of sp³-hybridized carbons (Fsp3) is 0.842. The lowest BCUT2D eigenvalue weighted by molar-refractivity contribution is -0.174. The van der Waals surface area contributed by atoms with Crippen molar-refractivity contribution < 1.29 is 17.9 Å². The fourth-order valence-electron chi connectivity index (χ4n) is 4.66. The number of nitrogens with zero attached hydrogens (tertiary/aromatic N) is 3. The van der Waals surface area contributed by atoms with Gasteiger partial charge in [-0.25, -0.2) is 4.68 Å². The maximum atomic E-state index is 13.7. The monoisotopic (exact) mass is 386 g/mol. The zero-order valence-electron chi connectivity index (χ0n) is 16.0. The molecule has 8 heteroatoms. The summed E-state index contributed by atoms with van der Waals surface area (Å²) in [7, 11) is 0. The molecule has 2 fully saturated rings. The van der Waals surface area contributed by atoms with Crippen LogP contribution in [0.15, 0.2) is 6.07 Å². The van der Waals surface area contributed by atoms with Crippen LogP contribution in [0.4, 0.5) is 19.0 Å². The summed E-state index contributed by atoms with van der Waals surface area (Å²) >= 11 is 0. The van der Waals surface area contributed by atoms with Crippen LogP contribution in [0.1, 0.15) is 57.3 Å². The molecular weight excluding hydrogens is 357 g/mol. The topological polar surface area (TPSA) is 42.3 Å². The molecule has 1 aromatic rings. The number of rotatable bonds is 4. The Hall–Kier alpha value is -1.28. The first-order valence-corrected chi connectivity index (χ1v) is 10.1. The molecular formula is C19H29F3N4O. The van der Waals surface area contributed by atoms with Gasteiger partial charge in [-0.15, -0.1) is 0 Å². The maximum Gasteiger partial charge on any atom is 0.410 e. The normalized spacial score (nSPS) is 32.1. The van der Waals surface area contributed by atoms with E-state index in [1.807, 2.05) is 19.9 Å². The molecule has 2 saturated heterocycles. The minimum atomic E-state index is -4.29. The Bertz CT molecular complexity index is 654. The molecule has 27 heavy (non-hydrogen) atoms. The maximum absolute atomic E-state index is 13.7. The van der Waals surface area contributed by atoms with Gasteiger partial charge >= 0.3 is 6.18 Å². The summed E-state index contributed by atoms with van der Waals surface area (Å²) < 4.78 is 47.7. The predicted octanol–water partition coefficient (Wildman–Crippen LogP) is 4.00. The van der Waals surface area contributed by atoms with Gasteiger partial charge in [0.25, 0.3) is 0 Å². The van der Waals surface area contributed by atoms with Crippen LogP contribution in [0.5, 0.6) is 0 Å². The first-order chi connectivity index (χ1) is 12.8. The minimum Gasteiger partial charge on any atom is -0.381 e. The largest absolute Gasteiger partial charge is 0.410 e. The zero-order valence-corrected chi connectivity index (χ0v) is 16.0. The molecule has 1 aromatic heterocycles. The molecule has 4 heterocycles. The highest BCUT2D eigenvalue weighted by molar-refractivity contribution is 5.42. The molecule has 0 amide bonds. The third-order valence-electron chi connectivity index (χ3n) is 6.26. The third-order valence-corrected chi connectivity index (χ3v) is 6.26. The Morgan fingerprint density at radius 3 is 2.81 bits per heavy atom. The van der Waals surface area contributed by atoms with Crippen LogP contribution < -0.4 is 5.32 Å². The molecule has 5 nitrogen and oxygen atoms in total. The Labute approximate surface area is 158 Å². The summed E-state index contributed by atoms with van der Waals surface area (Å²) in [6.45, 7) is 7.44. The van der Waals surface area contributed by atoms with Crippen LogP contribution in [0, 0.1) is 11.8 Å². The number of hydrogen-bond acceptors (Lipinski definition) is 4. The van der Waals surface area contributed by atoms with Crippen molar-refractivity contribution in [1.29, 1.82) is 0 Å². The molecule has 152 valence electrons. The van der Waals surface area contributed by atoms with Crippen LogP contribution in [-0.2, 0) is 4.74 Å². The van der Waals surface area contributed by atoms with Crippen LogP contribution in [0.2, 0.25) is 0 Å². The van der Waals surface area contributed by atoms with Gasteiger partial charge in [-0.3, -0.25) is 4.90 Å². The number of halogens is 3. The van der Waals surface area contributed by atoms with E-state index in [4.69, 9.17) is 4.74 Å².